The lowest BCUT2D eigenvalue weighted by atomic mass is 10.1. The van der Waals surface area contributed by atoms with Crippen molar-refractivity contribution in [3.63, 3.8) is 0 Å². The molecule has 1 aliphatic rings. The summed E-state index contributed by atoms with van der Waals surface area (Å²) in [6.45, 7) is 1.42. The molecule has 40 heavy (non-hydrogen) atoms. The number of ether oxygens (including phenoxy) is 2. The van der Waals surface area contributed by atoms with Crippen LogP contribution in [0.3, 0.4) is 0 Å². The van der Waals surface area contributed by atoms with Gasteiger partial charge in [0, 0.05) is 50.4 Å². The number of rotatable bonds is 9. The van der Waals surface area contributed by atoms with E-state index in [1.165, 1.54) is 25.5 Å². The Morgan fingerprint density at radius 1 is 0.925 bits per heavy atom. The molecule has 2 heterocycles. The number of nitrogens with one attached hydrogen (secondary N) is 2. The van der Waals surface area contributed by atoms with Crippen LogP contribution in [0.1, 0.15) is 20.7 Å². The first-order chi connectivity index (χ1) is 19.3. The second-order valence-electron chi connectivity index (χ2n) is 8.72. The monoisotopic (exact) mass is 564 g/mol. The van der Waals surface area contributed by atoms with Gasteiger partial charge in [0.15, 0.2) is 5.78 Å². The molecular formula is C28H29ClN6O5. The minimum atomic E-state index is -0.281. The van der Waals surface area contributed by atoms with E-state index in [2.05, 4.69) is 20.6 Å². The molecule has 4 rings (SSSR count). The fourth-order valence-electron chi connectivity index (χ4n) is 4.07. The van der Waals surface area contributed by atoms with Gasteiger partial charge in [-0.2, -0.15) is 4.98 Å². The number of carbonyl (C=O) groups excluding carboxylic acids is 3. The van der Waals surface area contributed by atoms with Crippen LogP contribution in [0.25, 0.3) is 0 Å². The highest BCUT2D eigenvalue weighted by Gasteiger charge is 2.25. The Labute approximate surface area is 236 Å². The summed E-state index contributed by atoms with van der Waals surface area (Å²) in [5, 5.41) is 6.35. The number of amides is 2. The number of piperazine rings is 1. The van der Waals surface area contributed by atoms with Gasteiger partial charge in [0.1, 0.15) is 22.3 Å². The zero-order valence-electron chi connectivity index (χ0n) is 22.3. The lowest BCUT2D eigenvalue weighted by Gasteiger charge is -2.34. The lowest BCUT2D eigenvalue weighted by molar-refractivity contribution is -0.127. The van der Waals surface area contributed by atoms with Crippen molar-refractivity contribution in [3.8, 4) is 11.5 Å². The number of methoxy groups -OCH3 is 2. The predicted molar refractivity (Wildman–Crippen MR) is 152 cm³/mol. The predicted octanol–water partition coefficient (Wildman–Crippen LogP) is 3.66. The third-order valence-electron chi connectivity index (χ3n) is 6.31. The average Bonchev–Trinajstić information content (AvgIpc) is 3.00. The van der Waals surface area contributed by atoms with Gasteiger partial charge in [-0.3, -0.25) is 14.4 Å². The Kier molecular flexibility index (Phi) is 9.18. The summed E-state index contributed by atoms with van der Waals surface area (Å²) in [5.74, 6) is 1.14. The third kappa shape index (κ3) is 6.67. The van der Waals surface area contributed by atoms with Crippen LogP contribution in [0.5, 0.6) is 11.5 Å². The maximum absolute atomic E-state index is 13.2. The Hall–Kier alpha value is -4.64. The summed E-state index contributed by atoms with van der Waals surface area (Å²) in [5.41, 5.74) is 1.48. The van der Waals surface area contributed by atoms with Gasteiger partial charge in [0.05, 0.1) is 26.1 Å². The zero-order chi connectivity index (χ0) is 28.6. The van der Waals surface area contributed by atoms with E-state index in [0.29, 0.717) is 71.3 Å². The maximum Gasteiger partial charge on any atom is 0.254 e. The molecule has 0 atom stereocenters. The Morgan fingerprint density at radius 2 is 1.60 bits per heavy atom. The number of aromatic nitrogens is 2. The number of carbonyl (C=O) groups is 3. The molecule has 0 saturated carbocycles. The summed E-state index contributed by atoms with van der Waals surface area (Å²) in [4.78, 5) is 49.9. The summed E-state index contributed by atoms with van der Waals surface area (Å²) < 4.78 is 10.6. The van der Waals surface area contributed by atoms with E-state index >= 15 is 0 Å². The SMILES string of the molecule is CNc1nc(Nc2ccc(C(=O)N3CCN(C(=O)/C=C/C(=O)c4ccc(OC)cc4)CC3)cc2OC)ncc1Cl. The minimum absolute atomic E-state index is 0.178. The van der Waals surface area contributed by atoms with E-state index < -0.39 is 0 Å². The quantitative estimate of drug-likeness (QED) is 0.296. The van der Waals surface area contributed by atoms with E-state index in [-0.39, 0.29) is 17.6 Å². The molecule has 0 radical (unpaired) electrons. The Morgan fingerprint density at radius 3 is 2.25 bits per heavy atom. The molecule has 2 amide bonds. The summed E-state index contributed by atoms with van der Waals surface area (Å²) in [6.07, 6.45) is 4.01. The molecule has 11 nitrogen and oxygen atoms in total. The summed E-state index contributed by atoms with van der Waals surface area (Å²) in [7, 11) is 4.76. The van der Waals surface area contributed by atoms with Crippen LogP contribution in [0.15, 0.2) is 60.8 Å². The van der Waals surface area contributed by atoms with Gasteiger partial charge >= 0.3 is 0 Å². The smallest absolute Gasteiger partial charge is 0.254 e. The molecule has 1 aliphatic heterocycles. The number of allylic oxidation sites excluding steroid dienone is 1. The molecule has 0 unspecified atom stereocenters. The van der Waals surface area contributed by atoms with Crippen molar-refractivity contribution >= 4 is 46.7 Å². The van der Waals surface area contributed by atoms with E-state index in [0.717, 1.165) is 0 Å². The fourth-order valence-corrected chi connectivity index (χ4v) is 4.25. The van der Waals surface area contributed by atoms with Crippen molar-refractivity contribution in [1.29, 1.82) is 0 Å². The van der Waals surface area contributed by atoms with Gasteiger partial charge in [-0.25, -0.2) is 4.98 Å². The van der Waals surface area contributed by atoms with Gasteiger partial charge in [-0.15, -0.1) is 0 Å². The summed E-state index contributed by atoms with van der Waals surface area (Å²) in [6, 6.07) is 11.7. The van der Waals surface area contributed by atoms with Crippen LogP contribution in [0, 0.1) is 0 Å². The number of hydrogen-bond acceptors (Lipinski definition) is 9. The zero-order valence-corrected chi connectivity index (χ0v) is 23.1. The van der Waals surface area contributed by atoms with Crippen molar-refractivity contribution in [3.05, 3.63) is 77.0 Å². The van der Waals surface area contributed by atoms with Crippen molar-refractivity contribution in [2.24, 2.45) is 0 Å². The molecule has 0 bridgehead atoms. The number of benzene rings is 2. The van der Waals surface area contributed by atoms with Crippen molar-refractivity contribution in [2.45, 2.75) is 0 Å². The van der Waals surface area contributed by atoms with Crippen LogP contribution < -0.4 is 20.1 Å². The molecule has 2 N–H and O–H groups in total. The minimum Gasteiger partial charge on any atom is -0.497 e. The molecule has 0 aliphatic carbocycles. The molecule has 208 valence electrons. The molecule has 12 heteroatoms. The van der Waals surface area contributed by atoms with E-state index in [9.17, 15) is 14.4 Å². The number of hydrogen-bond donors (Lipinski definition) is 2. The second kappa shape index (κ2) is 12.9. The Bertz CT molecular complexity index is 1420. The van der Waals surface area contributed by atoms with Crippen LogP contribution >= 0.6 is 11.6 Å². The highest BCUT2D eigenvalue weighted by Crippen LogP contribution is 2.29. The van der Waals surface area contributed by atoms with Gasteiger partial charge in [0.25, 0.3) is 5.91 Å². The third-order valence-corrected chi connectivity index (χ3v) is 6.58. The number of nitrogens with zero attached hydrogens (tertiary/aromatic N) is 4. The molecule has 1 fully saturated rings. The lowest BCUT2D eigenvalue weighted by Crippen LogP contribution is -2.50. The molecule has 2 aromatic carbocycles. The maximum atomic E-state index is 13.2. The topological polar surface area (TPSA) is 126 Å². The van der Waals surface area contributed by atoms with E-state index in [4.69, 9.17) is 21.1 Å². The van der Waals surface area contributed by atoms with Gasteiger partial charge in [-0.1, -0.05) is 11.6 Å². The molecule has 0 spiro atoms. The molecule has 1 saturated heterocycles. The number of halogens is 1. The highest BCUT2D eigenvalue weighted by atomic mass is 35.5. The van der Waals surface area contributed by atoms with Crippen LogP contribution in [0.2, 0.25) is 5.02 Å². The van der Waals surface area contributed by atoms with Crippen LogP contribution in [-0.2, 0) is 4.79 Å². The molecular weight excluding hydrogens is 536 g/mol. The fraction of sp³-hybridized carbons (Fsp3) is 0.250. The first kappa shape index (κ1) is 28.4. The number of ketones is 1. The normalized spacial score (nSPS) is 13.2. The van der Waals surface area contributed by atoms with Gasteiger partial charge in [-0.05, 0) is 48.5 Å². The average molecular weight is 565 g/mol. The molecule has 1 aromatic heterocycles. The van der Waals surface area contributed by atoms with E-state index in [1.54, 1.807) is 66.4 Å². The first-order valence-corrected chi connectivity index (χ1v) is 12.8. The second-order valence-corrected chi connectivity index (χ2v) is 9.13. The highest BCUT2D eigenvalue weighted by molar-refractivity contribution is 6.32. The largest absolute Gasteiger partial charge is 0.497 e. The van der Waals surface area contributed by atoms with Crippen molar-refractivity contribution < 1.29 is 23.9 Å². The Balaban J connectivity index is 1.34. The van der Waals surface area contributed by atoms with Crippen molar-refractivity contribution in [1.82, 2.24) is 19.8 Å². The van der Waals surface area contributed by atoms with E-state index in [1.807, 2.05) is 0 Å². The van der Waals surface area contributed by atoms with Crippen LogP contribution in [-0.4, -0.2) is 84.8 Å². The van der Waals surface area contributed by atoms with Crippen LogP contribution in [0.4, 0.5) is 17.5 Å². The molecule has 3 aromatic rings. The number of anilines is 3. The van der Waals surface area contributed by atoms with Gasteiger partial charge < -0.3 is 29.9 Å². The van der Waals surface area contributed by atoms with Gasteiger partial charge in [0.2, 0.25) is 11.9 Å². The standard InChI is InChI=1S/C28H29ClN6O5/c1-30-26-21(29)17-31-28(33-26)32-22-9-6-19(16-24(22)40-3)27(38)35-14-12-34(13-15-35)25(37)11-10-23(36)18-4-7-20(39-2)8-5-18/h4-11,16-17H,12-15H2,1-3H3,(H2,30,31,32,33)/b11-10+. The first-order valence-electron chi connectivity index (χ1n) is 12.4. The van der Waals surface area contributed by atoms with Crippen molar-refractivity contribution in [2.75, 3.05) is 58.1 Å². The summed E-state index contributed by atoms with van der Waals surface area (Å²) >= 11 is 6.05.